The van der Waals surface area contributed by atoms with Crippen molar-refractivity contribution >= 4 is 39.0 Å². The van der Waals surface area contributed by atoms with Crippen LogP contribution in [-0.4, -0.2) is 0 Å². The highest BCUT2D eigenvalue weighted by atomic mass is 16.3. The van der Waals surface area contributed by atoms with Crippen LogP contribution in [0, 0.1) is 0 Å². The predicted molar refractivity (Wildman–Crippen MR) is 249 cm³/mol. The molecule has 2 unspecified atom stereocenters. The van der Waals surface area contributed by atoms with Crippen molar-refractivity contribution in [1.82, 2.24) is 0 Å². The summed E-state index contributed by atoms with van der Waals surface area (Å²) in [4.78, 5) is 2.50. The Morgan fingerprint density at radius 2 is 0.933 bits per heavy atom. The standard InChI is InChI=1S/C58H41NO/c1-57(40-18-5-3-6-19-40)50-27-13-10-25-48(50)56-51(57)28-16-29-53(56)59(42-22-15-17-38(35-42)39-31-33-47-46-24-11-14-30-54(46)60-55(47)36-39)43-32-34-45-44-23-9-12-26-49(44)58(2,52(45)37-43)41-20-7-4-8-21-41/h3-37H,1-2H3. The SMILES string of the molecule is CC1(c2ccccc2)c2ccccc2-c2ccc(N(c3cccc(-c4ccc5c(c4)oc4ccccc45)c3)c3cccc4c3-c3ccccc3C4(C)c3ccccc3)cc21. The van der Waals surface area contributed by atoms with Crippen LogP contribution >= 0.6 is 0 Å². The van der Waals surface area contributed by atoms with E-state index >= 15 is 0 Å². The average molecular weight is 768 g/mol. The Bertz CT molecular complexity index is 3310. The smallest absolute Gasteiger partial charge is 0.136 e. The maximum atomic E-state index is 6.39. The van der Waals surface area contributed by atoms with Gasteiger partial charge in [0.15, 0.2) is 0 Å². The molecule has 10 aromatic rings. The van der Waals surface area contributed by atoms with Gasteiger partial charge in [0.2, 0.25) is 0 Å². The minimum absolute atomic E-state index is 0.329. The minimum Gasteiger partial charge on any atom is -0.456 e. The lowest BCUT2D eigenvalue weighted by Gasteiger charge is -2.32. The third-order valence-corrected chi connectivity index (χ3v) is 13.6. The fraction of sp³-hybridized carbons (Fsp3) is 0.0690. The number of fused-ring (bicyclic) bond motifs is 9. The second-order valence-corrected chi connectivity index (χ2v) is 16.7. The highest BCUT2D eigenvalue weighted by Crippen LogP contribution is 2.58. The summed E-state index contributed by atoms with van der Waals surface area (Å²) in [5.41, 5.74) is 19.7. The second-order valence-electron chi connectivity index (χ2n) is 16.7. The molecule has 0 N–H and O–H groups in total. The summed E-state index contributed by atoms with van der Waals surface area (Å²) in [5.74, 6) is 0. The number of rotatable bonds is 6. The van der Waals surface area contributed by atoms with Crippen LogP contribution in [0.2, 0.25) is 0 Å². The molecule has 2 aliphatic rings. The Morgan fingerprint density at radius 1 is 0.367 bits per heavy atom. The number of hydrogen-bond donors (Lipinski definition) is 0. The first-order valence-electron chi connectivity index (χ1n) is 20.9. The summed E-state index contributed by atoms with van der Waals surface area (Å²) in [7, 11) is 0. The lowest BCUT2D eigenvalue weighted by molar-refractivity contribution is 0.669. The predicted octanol–water partition coefficient (Wildman–Crippen LogP) is 15.4. The zero-order valence-corrected chi connectivity index (χ0v) is 33.6. The van der Waals surface area contributed by atoms with Gasteiger partial charge in [-0.3, -0.25) is 0 Å². The maximum absolute atomic E-state index is 6.39. The van der Waals surface area contributed by atoms with Crippen LogP contribution in [0.4, 0.5) is 17.1 Å². The molecule has 0 saturated carbocycles. The van der Waals surface area contributed by atoms with Gasteiger partial charge >= 0.3 is 0 Å². The van der Waals surface area contributed by atoms with Crippen molar-refractivity contribution < 1.29 is 4.42 Å². The molecule has 0 radical (unpaired) electrons. The zero-order valence-electron chi connectivity index (χ0n) is 33.6. The summed E-state index contributed by atoms with van der Waals surface area (Å²) in [6, 6.07) is 78.0. The monoisotopic (exact) mass is 767 g/mol. The van der Waals surface area contributed by atoms with Gasteiger partial charge in [-0.05, 0) is 124 Å². The normalized spacial score (nSPS) is 17.3. The summed E-state index contributed by atoms with van der Waals surface area (Å²) in [5, 5.41) is 2.27. The van der Waals surface area contributed by atoms with Crippen molar-refractivity contribution in [3.8, 4) is 33.4 Å². The van der Waals surface area contributed by atoms with Crippen molar-refractivity contribution in [2.45, 2.75) is 24.7 Å². The van der Waals surface area contributed by atoms with Gasteiger partial charge in [-0.1, -0.05) is 164 Å². The molecule has 0 saturated heterocycles. The molecule has 2 nitrogen and oxygen atoms in total. The molecule has 1 heterocycles. The van der Waals surface area contributed by atoms with Crippen LogP contribution in [0.3, 0.4) is 0 Å². The molecular formula is C58H41NO. The van der Waals surface area contributed by atoms with Gasteiger partial charge in [0, 0.05) is 38.5 Å². The lowest BCUT2D eigenvalue weighted by Crippen LogP contribution is -2.23. The van der Waals surface area contributed by atoms with Crippen LogP contribution in [0.1, 0.15) is 47.2 Å². The number of nitrogens with zero attached hydrogens (tertiary/aromatic N) is 1. The van der Waals surface area contributed by atoms with Crippen LogP contribution in [0.15, 0.2) is 217 Å². The van der Waals surface area contributed by atoms with E-state index in [2.05, 4.69) is 219 Å². The van der Waals surface area contributed by atoms with E-state index in [4.69, 9.17) is 4.42 Å². The van der Waals surface area contributed by atoms with E-state index in [1.807, 2.05) is 12.1 Å². The largest absolute Gasteiger partial charge is 0.456 e. The van der Waals surface area contributed by atoms with Gasteiger partial charge in [0.25, 0.3) is 0 Å². The molecular weight excluding hydrogens is 727 g/mol. The average Bonchev–Trinajstić information content (AvgIpc) is 3.91. The van der Waals surface area contributed by atoms with E-state index < -0.39 is 0 Å². The van der Waals surface area contributed by atoms with Crippen molar-refractivity contribution in [2.24, 2.45) is 0 Å². The molecule has 2 aliphatic carbocycles. The fourth-order valence-electron chi connectivity index (χ4n) is 10.6. The Balaban J connectivity index is 1.10. The molecule has 0 fully saturated rings. The lowest BCUT2D eigenvalue weighted by atomic mass is 9.74. The Kier molecular flexibility index (Phi) is 7.52. The van der Waals surface area contributed by atoms with Crippen molar-refractivity contribution in [2.75, 3.05) is 4.90 Å². The molecule has 12 rings (SSSR count). The Morgan fingerprint density at radius 3 is 1.72 bits per heavy atom. The van der Waals surface area contributed by atoms with Gasteiger partial charge in [-0.2, -0.15) is 0 Å². The number of benzene rings is 9. The van der Waals surface area contributed by atoms with Crippen LogP contribution < -0.4 is 4.90 Å². The van der Waals surface area contributed by atoms with E-state index in [1.54, 1.807) is 0 Å². The van der Waals surface area contributed by atoms with E-state index in [1.165, 1.54) is 55.6 Å². The summed E-state index contributed by atoms with van der Waals surface area (Å²) in [6.07, 6.45) is 0. The van der Waals surface area contributed by atoms with Gasteiger partial charge in [-0.25, -0.2) is 0 Å². The second kappa shape index (κ2) is 13.0. The first kappa shape index (κ1) is 34.6. The molecule has 0 aliphatic heterocycles. The molecule has 60 heavy (non-hydrogen) atoms. The molecule has 2 heteroatoms. The number of para-hydroxylation sites is 1. The van der Waals surface area contributed by atoms with Gasteiger partial charge in [-0.15, -0.1) is 0 Å². The van der Waals surface area contributed by atoms with E-state index in [0.29, 0.717) is 0 Å². The van der Waals surface area contributed by atoms with Crippen molar-refractivity contribution in [3.05, 3.63) is 246 Å². The highest BCUT2D eigenvalue weighted by molar-refractivity contribution is 6.06. The van der Waals surface area contributed by atoms with Crippen molar-refractivity contribution in [1.29, 1.82) is 0 Å². The first-order valence-corrected chi connectivity index (χ1v) is 20.9. The highest BCUT2D eigenvalue weighted by Gasteiger charge is 2.44. The third kappa shape index (κ3) is 4.88. The summed E-state index contributed by atoms with van der Waals surface area (Å²) in [6.45, 7) is 4.80. The molecule has 0 spiro atoms. The zero-order chi connectivity index (χ0) is 40.0. The summed E-state index contributed by atoms with van der Waals surface area (Å²) < 4.78 is 6.39. The molecule has 0 bridgehead atoms. The van der Waals surface area contributed by atoms with Crippen LogP contribution in [0.5, 0.6) is 0 Å². The van der Waals surface area contributed by atoms with E-state index in [-0.39, 0.29) is 10.8 Å². The Hall–Kier alpha value is -7.42. The maximum Gasteiger partial charge on any atom is 0.136 e. The molecule has 1 aromatic heterocycles. The quantitative estimate of drug-likeness (QED) is 0.168. The topological polar surface area (TPSA) is 16.4 Å². The number of furan rings is 1. The van der Waals surface area contributed by atoms with E-state index in [9.17, 15) is 0 Å². The molecule has 9 aromatic carbocycles. The van der Waals surface area contributed by atoms with Crippen LogP contribution in [-0.2, 0) is 10.8 Å². The molecule has 284 valence electrons. The fourth-order valence-corrected chi connectivity index (χ4v) is 10.6. The van der Waals surface area contributed by atoms with Crippen molar-refractivity contribution in [3.63, 3.8) is 0 Å². The Labute approximate surface area is 350 Å². The van der Waals surface area contributed by atoms with Crippen LogP contribution in [0.25, 0.3) is 55.3 Å². The molecule has 0 amide bonds. The summed E-state index contributed by atoms with van der Waals surface area (Å²) >= 11 is 0. The first-order chi connectivity index (χ1) is 29.5. The number of anilines is 3. The third-order valence-electron chi connectivity index (χ3n) is 13.6. The minimum atomic E-state index is -0.337. The van der Waals surface area contributed by atoms with Gasteiger partial charge < -0.3 is 9.32 Å². The van der Waals surface area contributed by atoms with Gasteiger partial charge in [0.05, 0.1) is 5.69 Å². The molecule has 2 atom stereocenters. The van der Waals surface area contributed by atoms with Gasteiger partial charge in [0.1, 0.15) is 11.2 Å². The van der Waals surface area contributed by atoms with E-state index in [0.717, 1.165) is 50.1 Å². The number of hydrogen-bond acceptors (Lipinski definition) is 2.